The van der Waals surface area contributed by atoms with Crippen LogP contribution in [0.25, 0.3) is 0 Å². The van der Waals surface area contributed by atoms with Crippen LogP contribution in [0.15, 0.2) is 47.2 Å². The predicted octanol–water partition coefficient (Wildman–Crippen LogP) is 3.79. The molecular formula is C23H25Cl2N3O3. The summed E-state index contributed by atoms with van der Waals surface area (Å²) in [5.41, 5.74) is 0.560. The number of ether oxygens (including phenoxy) is 1. The van der Waals surface area contributed by atoms with Crippen molar-refractivity contribution in [2.24, 2.45) is 11.8 Å². The van der Waals surface area contributed by atoms with E-state index >= 15 is 0 Å². The van der Waals surface area contributed by atoms with Gasteiger partial charge in [0.05, 0.1) is 23.1 Å². The fourth-order valence-corrected chi connectivity index (χ4v) is 5.14. The van der Waals surface area contributed by atoms with Crippen molar-refractivity contribution in [1.29, 1.82) is 5.26 Å². The fraction of sp³-hybridized carbons (Fsp3) is 0.478. The first-order valence-corrected chi connectivity index (χ1v) is 11.4. The largest absolute Gasteiger partial charge is 0.458 e. The maximum Gasteiger partial charge on any atom is 0.240 e. The SMILES string of the molecule is N#Cc1ccc(OC2=CC(Cl)C(C[C@@H]3CCN(N4CCC(O)CC4)C3=O)C(Cl)=C2)cc1. The van der Waals surface area contributed by atoms with Gasteiger partial charge in [-0.15, -0.1) is 11.6 Å². The second-order valence-corrected chi connectivity index (χ2v) is 9.20. The Morgan fingerprint density at radius 1 is 1.16 bits per heavy atom. The Kier molecular flexibility index (Phi) is 6.88. The number of benzene rings is 1. The molecule has 1 aromatic carbocycles. The van der Waals surface area contributed by atoms with Crippen LogP contribution in [0, 0.1) is 23.2 Å². The molecule has 4 rings (SSSR count). The Labute approximate surface area is 192 Å². The van der Waals surface area contributed by atoms with Gasteiger partial charge in [-0.2, -0.15) is 5.26 Å². The fourth-order valence-electron chi connectivity index (χ4n) is 4.38. The first-order chi connectivity index (χ1) is 14.9. The van der Waals surface area contributed by atoms with Gasteiger partial charge < -0.3 is 9.84 Å². The number of hydrogen-bond donors (Lipinski definition) is 1. The van der Waals surface area contributed by atoms with Gasteiger partial charge in [0.1, 0.15) is 11.5 Å². The number of carbonyl (C=O) groups is 1. The van der Waals surface area contributed by atoms with Crippen molar-refractivity contribution in [3.63, 3.8) is 0 Å². The zero-order chi connectivity index (χ0) is 22.0. The van der Waals surface area contributed by atoms with Crippen LogP contribution in [0.5, 0.6) is 5.75 Å². The molecule has 2 aliphatic heterocycles. The highest BCUT2D eigenvalue weighted by molar-refractivity contribution is 6.31. The number of piperidine rings is 1. The van der Waals surface area contributed by atoms with Gasteiger partial charge in [-0.25, -0.2) is 5.01 Å². The monoisotopic (exact) mass is 461 g/mol. The number of aliphatic hydroxyl groups excluding tert-OH is 1. The molecule has 1 aromatic rings. The first-order valence-electron chi connectivity index (χ1n) is 10.6. The van der Waals surface area contributed by atoms with Crippen molar-refractivity contribution < 1.29 is 14.6 Å². The molecular weight excluding hydrogens is 437 g/mol. The number of amides is 1. The lowest BCUT2D eigenvalue weighted by molar-refractivity contribution is -0.150. The molecule has 3 atom stereocenters. The first kappa shape index (κ1) is 22.2. The van der Waals surface area contributed by atoms with Crippen LogP contribution in [-0.4, -0.2) is 52.1 Å². The molecule has 3 aliphatic rings. The number of allylic oxidation sites excluding steroid dienone is 3. The number of nitrogens with zero attached hydrogens (tertiary/aromatic N) is 3. The summed E-state index contributed by atoms with van der Waals surface area (Å²) in [5, 5.41) is 22.7. The third-order valence-corrected chi connectivity index (χ3v) is 6.99. The van der Waals surface area contributed by atoms with Gasteiger partial charge in [0, 0.05) is 36.5 Å². The Morgan fingerprint density at radius 3 is 2.52 bits per heavy atom. The van der Waals surface area contributed by atoms with Crippen LogP contribution in [-0.2, 0) is 4.79 Å². The summed E-state index contributed by atoms with van der Waals surface area (Å²) in [6, 6.07) is 8.89. The molecule has 0 radical (unpaired) electrons. The standard InChI is InChI=1S/C23H25Cl2N3O3/c24-21-12-19(31-18-3-1-15(14-26)2-4-18)13-22(25)20(21)11-16-5-10-28(23(16)30)27-8-6-17(29)7-9-27/h1-4,12-13,16-17,20-21,29H,5-11H2/t16-,20?,21?/m0/s1. The van der Waals surface area contributed by atoms with E-state index in [1.807, 2.05) is 11.1 Å². The van der Waals surface area contributed by atoms with E-state index < -0.39 is 0 Å². The quantitative estimate of drug-likeness (QED) is 0.674. The molecule has 1 N–H and O–H groups in total. The molecule has 31 heavy (non-hydrogen) atoms. The Balaban J connectivity index is 1.36. The van der Waals surface area contributed by atoms with Crippen molar-refractivity contribution in [3.05, 3.63) is 52.8 Å². The second-order valence-electron chi connectivity index (χ2n) is 8.25. The number of halogens is 2. The summed E-state index contributed by atoms with van der Waals surface area (Å²) in [4.78, 5) is 13.0. The number of hydrogen-bond acceptors (Lipinski definition) is 5. The number of nitriles is 1. The third-order valence-electron chi connectivity index (χ3n) is 6.18. The Hall–Kier alpha value is -2.04. The third kappa shape index (κ3) is 5.07. The van der Waals surface area contributed by atoms with E-state index in [1.165, 1.54) is 0 Å². The summed E-state index contributed by atoms with van der Waals surface area (Å²) >= 11 is 13.2. The van der Waals surface area contributed by atoms with Crippen molar-refractivity contribution in [1.82, 2.24) is 10.0 Å². The molecule has 1 aliphatic carbocycles. The van der Waals surface area contributed by atoms with Crippen LogP contribution in [0.4, 0.5) is 0 Å². The molecule has 8 heteroatoms. The molecule has 0 saturated carbocycles. The highest BCUT2D eigenvalue weighted by Crippen LogP contribution is 2.38. The van der Waals surface area contributed by atoms with Crippen LogP contribution in [0.2, 0.25) is 0 Å². The zero-order valence-electron chi connectivity index (χ0n) is 17.1. The summed E-state index contributed by atoms with van der Waals surface area (Å²) in [7, 11) is 0. The normalized spacial score (nSPS) is 27.6. The summed E-state index contributed by atoms with van der Waals surface area (Å²) in [6.45, 7) is 2.12. The van der Waals surface area contributed by atoms with E-state index in [9.17, 15) is 9.90 Å². The van der Waals surface area contributed by atoms with Crippen molar-refractivity contribution in [3.8, 4) is 11.8 Å². The van der Waals surface area contributed by atoms with Crippen molar-refractivity contribution in [2.75, 3.05) is 19.6 Å². The van der Waals surface area contributed by atoms with Crippen LogP contribution < -0.4 is 4.74 Å². The van der Waals surface area contributed by atoms with E-state index in [2.05, 4.69) is 11.1 Å². The second kappa shape index (κ2) is 9.62. The highest BCUT2D eigenvalue weighted by atomic mass is 35.5. The minimum absolute atomic E-state index is 0.116. The zero-order valence-corrected chi connectivity index (χ0v) is 18.6. The molecule has 164 valence electrons. The van der Waals surface area contributed by atoms with Crippen LogP contribution >= 0.6 is 23.2 Å². The van der Waals surface area contributed by atoms with Gasteiger partial charge in [0.15, 0.2) is 0 Å². The van der Waals surface area contributed by atoms with Crippen LogP contribution in [0.1, 0.15) is 31.2 Å². The van der Waals surface area contributed by atoms with E-state index in [0.717, 1.165) is 6.42 Å². The number of carbonyl (C=O) groups excluding carboxylic acids is 1. The number of aliphatic hydroxyl groups is 1. The molecule has 0 aromatic heterocycles. The number of hydrazine groups is 1. The van der Waals surface area contributed by atoms with Crippen LogP contribution in [0.3, 0.4) is 0 Å². The minimum Gasteiger partial charge on any atom is -0.458 e. The number of rotatable bonds is 5. The van der Waals surface area contributed by atoms with Gasteiger partial charge in [0.25, 0.3) is 0 Å². The summed E-state index contributed by atoms with van der Waals surface area (Å²) < 4.78 is 5.84. The highest BCUT2D eigenvalue weighted by Gasteiger charge is 2.39. The number of alkyl halides is 1. The molecule has 0 spiro atoms. The maximum absolute atomic E-state index is 13.0. The van der Waals surface area contributed by atoms with E-state index in [4.69, 9.17) is 33.2 Å². The maximum atomic E-state index is 13.0. The molecule has 2 unspecified atom stereocenters. The van der Waals surface area contributed by atoms with Gasteiger partial charge in [-0.1, -0.05) is 11.6 Å². The average Bonchev–Trinajstić information content (AvgIpc) is 3.12. The van der Waals surface area contributed by atoms with E-state index in [0.29, 0.717) is 61.0 Å². The molecule has 6 nitrogen and oxygen atoms in total. The topological polar surface area (TPSA) is 76.8 Å². The van der Waals surface area contributed by atoms with Crippen molar-refractivity contribution >= 4 is 29.1 Å². The lowest BCUT2D eigenvalue weighted by atomic mass is 9.88. The average molecular weight is 462 g/mol. The predicted molar refractivity (Wildman–Crippen MR) is 118 cm³/mol. The van der Waals surface area contributed by atoms with Crippen molar-refractivity contribution in [2.45, 2.75) is 37.2 Å². The van der Waals surface area contributed by atoms with Gasteiger partial charge in [0.2, 0.25) is 5.91 Å². The molecule has 2 fully saturated rings. The lowest BCUT2D eigenvalue weighted by Crippen LogP contribution is -2.49. The molecule has 2 saturated heterocycles. The molecule has 1 amide bonds. The Morgan fingerprint density at radius 2 is 1.87 bits per heavy atom. The Bertz CT molecular complexity index is 917. The lowest BCUT2D eigenvalue weighted by Gasteiger charge is -2.36. The van der Waals surface area contributed by atoms with E-state index in [1.54, 1.807) is 30.3 Å². The molecule has 2 heterocycles. The van der Waals surface area contributed by atoms with Gasteiger partial charge >= 0.3 is 0 Å². The summed E-state index contributed by atoms with van der Waals surface area (Å²) in [6.07, 6.45) is 6.08. The molecule has 0 bridgehead atoms. The minimum atomic E-state index is -0.377. The van der Waals surface area contributed by atoms with Gasteiger partial charge in [-0.05, 0) is 62.1 Å². The smallest absolute Gasteiger partial charge is 0.240 e. The van der Waals surface area contributed by atoms with Gasteiger partial charge in [-0.3, -0.25) is 9.80 Å². The van der Waals surface area contributed by atoms with E-state index in [-0.39, 0.29) is 29.2 Å². The summed E-state index contributed by atoms with van der Waals surface area (Å²) in [5.74, 6) is 1.01.